The summed E-state index contributed by atoms with van der Waals surface area (Å²) in [6.07, 6.45) is 4.74. The van der Waals surface area contributed by atoms with Gasteiger partial charge < -0.3 is 18.5 Å². The molecule has 0 radical (unpaired) electrons. The zero-order chi connectivity index (χ0) is 25.9. The van der Waals surface area contributed by atoms with Gasteiger partial charge in [0.2, 0.25) is 5.91 Å². The Balaban J connectivity index is 1.77. The molecule has 0 bridgehead atoms. The molecular weight excluding hydrogens is 531 g/mol. The highest BCUT2D eigenvalue weighted by atomic mass is 35.5. The van der Waals surface area contributed by atoms with Crippen LogP contribution in [0.4, 0.5) is 4.39 Å². The van der Waals surface area contributed by atoms with E-state index < -0.39 is 19.6 Å². The van der Waals surface area contributed by atoms with Crippen LogP contribution in [0.5, 0.6) is 5.75 Å². The van der Waals surface area contributed by atoms with Gasteiger partial charge >= 0.3 is 7.60 Å². The summed E-state index contributed by atoms with van der Waals surface area (Å²) in [6.45, 7) is 5.71. The predicted octanol–water partition coefficient (Wildman–Crippen LogP) is 7.81. The number of nitrogens with zero attached hydrogens (tertiary/aromatic N) is 3. The fourth-order valence-corrected chi connectivity index (χ4v) is 6.50. The van der Waals surface area contributed by atoms with E-state index in [1.165, 1.54) is 12.4 Å². The lowest BCUT2D eigenvalue weighted by Crippen LogP contribution is -2.19. The molecule has 0 spiro atoms. The van der Waals surface area contributed by atoms with Gasteiger partial charge in [0, 0.05) is 30.0 Å². The highest BCUT2D eigenvalue weighted by Crippen LogP contribution is 2.62. The second kappa shape index (κ2) is 11.8. The zero-order valence-corrected chi connectivity index (χ0v) is 22.7. The van der Waals surface area contributed by atoms with Crippen LogP contribution in [-0.4, -0.2) is 34.6 Å². The van der Waals surface area contributed by atoms with Gasteiger partial charge in [-0.1, -0.05) is 23.2 Å². The average molecular weight is 560 g/mol. The van der Waals surface area contributed by atoms with Crippen LogP contribution in [0.25, 0.3) is 10.9 Å². The topological polar surface area (TPSA) is 84.7 Å². The van der Waals surface area contributed by atoms with Crippen LogP contribution in [0.15, 0.2) is 30.6 Å². The van der Waals surface area contributed by atoms with Gasteiger partial charge in [-0.25, -0.2) is 9.07 Å². The molecule has 1 aliphatic rings. The Bertz CT molecular complexity index is 1220. The monoisotopic (exact) mass is 559 g/mol. The third-order valence-corrected chi connectivity index (χ3v) is 8.50. The van der Waals surface area contributed by atoms with Crippen LogP contribution in [0.2, 0.25) is 10.0 Å². The van der Waals surface area contributed by atoms with E-state index in [2.05, 4.69) is 10.1 Å². The Hall–Kier alpha value is -1.74. The fourth-order valence-electron chi connectivity index (χ4n) is 4.28. The lowest BCUT2D eigenvalue weighted by molar-refractivity contribution is -0.0370. The van der Waals surface area contributed by atoms with Gasteiger partial charge in [0.15, 0.2) is 6.23 Å². The molecule has 3 atom stereocenters. The third-order valence-electron chi connectivity index (χ3n) is 5.87. The molecule has 1 aliphatic heterocycles. The molecular formula is C24H29Cl2FN3O5P. The molecule has 196 valence electrons. The summed E-state index contributed by atoms with van der Waals surface area (Å²) >= 11 is 12.6. The van der Waals surface area contributed by atoms with E-state index in [-0.39, 0.29) is 25.1 Å². The minimum Gasteiger partial charge on any atom is -0.486 e. The van der Waals surface area contributed by atoms with Crippen molar-refractivity contribution in [3.63, 3.8) is 0 Å². The molecule has 1 fully saturated rings. The Kier molecular flexibility index (Phi) is 8.92. The van der Waals surface area contributed by atoms with Crippen LogP contribution in [0.3, 0.4) is 0 Å². The standard InChI is InChI=1S/C24H29Cl2FN3O5P/c1-4-33-36(31,34-5-2)24(27)23-17-12-16(35-15(3)22-18(25)13-28-14-19(22)26)9-10-20(17)30(29-23)21-8-6-7-11-32-21/h9-10,12-15,21,24H,4-8,11H2,1-3H3. The first kappa shape index (κ1) is 27.3. The second-order valence-corrected chi connectivity index (χ2v) is 11.2. The van der Waals surface area contributed by atoms with E-state index in [1.807, 2.05) is 0 Å². The normalized spacial score (nSPS) is 18.3. The number of pyridine rings is 1. The number of hydrogen-bond donors (Lipinski definition) is 0. The Labute approximate surface area is 219 Å². The number of hydrogen-bond acceptors (Lipinski definition) is 7. The van der Waals surface area contributed by atoms with Crippen molar-refractivity contribution in [3.8, 4) is 5.75 Å². The lowest BCUT2D eigenvalue weighted by atomic mass is 10.1. The van der Waals surface area contributed by atoms with Gasteiger partial charge in [-0.3, -0.25) is 9.55 Å². The molecule has 2 aromatic heterocycles. The van der Waals surface area contributed by atoms with Gasteiger partial charge in [0.05, 0.1) is 28.8 Å². The van der Waals surface area contributed by atoms with Crippen molar-refractivity contribution < 1.29 is 27.5 Å². The smallest absolute Gasteiger partial charge is 0.370 e. The van der Waals surface area contributed by atoms with Crippen LogP contribution < -0.4 is 4.74 Å². The Morgan fingerprint density at radius 1 is 1.19 bits per heavy atom. The molecule has 3 unspecified atom stereocenters. The molecule has 3 aromatic rings. The highest BCUT2D eigenvalue weighted by Gasteiger charge is 2.41. The van der Waals surface area contributed by atoms with Gasteiger partial charge in [-0.05, 0) is 58.2 Å². The van der Waals surface area contributed by atoms with E-state index in [9.17, 15) is 4.57 Å². The molecule has 1 saturated heterocycles. The second-order valence-electron chi connectivity index (χ2n) is 8.32. The molecule has 3 heterocycles. The lowest BCUT2D eigenvalue weighted by Gasteiger charge is -2.23. The van der Waals surface area contributed by atoms with Crippen molar-refractivity contribution in [1.29, 1.82) is 0 Å². The number of halogens is 3. The van der Waals surface area contributed by atoms with Gasteiger partial charge in [-0.2, -0.15) is 5.10 Å². The summed E-state index contributed by atoms with van der Waals surface area (Å²) in [4.78, 5) is 3.97. The molecule has 0 saturated carbocycles. The van der Waals surface area contributed by atoms with Crippen molar-refractivity contribution >= 4 is 41.7 Å². The average Bonchev–Trinajstić information content (AvgIpc) is 3.23. The van der Waals surface area contributed by atoms with E-state index >= 15 is 4.39 Å². The number of alkyl halides is 1. The summed E-state index contributed by atoms with van der Waals surface area (Å²) in [6, 6.07) is 5.19. The summed E-state index contributed by atoms with van der Waals surface area (Å²) in [7, 11) is -4.13. The first-order valence-electron chi connectivity index (χ1n) is 11.9. The number of ether oxygens (including phenoxy) is 2. The van der Waals surface area contributed by atoms with E-state index in [0.29, 0.717) is 38.9 Å². The highest BCUT2D eigenvalue weighted by molar-refractivity contribution is 7.54. The van der Waals surface area contributed by atoms with E-state index in [0.717, 1.165) is 19.3 Å². The largest absolute Gasteiger partial charge is 0.486 e. The number of rotatable bonds is 10. The van der Waals surface area contributed by atoms with Crippen LogP contribution in [-0.2, 0) is 18.3 Å². The maximum absolute atomic E-state index is 15.9. The zero-order valence-electron chi connectivity index (χ0n) is 20.3. The maximum Gasteiger partial charge on any atom is 0.370 e. The third kappa shape index (κ3) is 5.57. The molecule has 4 rings (SSSR count). The van der Waals surface area contributed by atoms with Crippen LogP contribution in [0, 0.1) is 0 Å². The van der Waals surface area contributed by atoms with E-state index in [1.54, 1.807) is 43.7 Å². The summed E-state index contributed by atoms with van der Waals surface area (Å²) in [5, 5.41) is 5.70. The first-order chi connectivity index (χ1) is 17.3. The molecule has 0 amide bonds. The van der Waals surface area contributed by atoms with Crippen LogP contribution >= 0.6 is 30.8 Å². The molecule has 8 nitrogen and oxygen atoms in total. The minimum atomic E-state index is -4.13. The summed E-state index contributed by atoms with van der Waals surface area (Å²) < 4.78 is 53.4. The maximum atomic E-state index is 15.9. The van der Waals surface area contributed by atoms with Gasteiger partial charge in [-0.15, -0.1) is 0 Å². The molecule has 0 N–H and O–H groups in total. The van der Waals surface area contributed by atoms with Gasteiger partial charge in [0.25, 0.3) is 0 Å². The van der Waals surface area contributed by atoms with Crippen LogP contribution in [0.1, 0.15) is 69.5 Å². The van der Waals surface area contributed by atoms with Crippen molar-refractivity contribution in [1.82, 2.24) is 14.8 Å². The SMILES string of the molecule is CCOP(=O)(OCC)C(F)c1nn(C2CCCCO2)c2ccc(OC(C)c3c(Cl)cncc3Cl)cc12. The molecule has 0 aliphatic carbocycles. The van der Waals surface area contributed by atoms with Crippen molar-refractivity contribution in [2.45, 2.75) is 58.3 Å². The number of aromatic nitrogens is 3. The number of fused-ring (bicyclic) bond motifs is 1. The first-order valence-corrected chi connectivity index (χ1v) is 14.3. The Morgan fingerprint density at radius 2 is 1.89 bits per heavy atom. The predicted molar refractivity (Wildman–Crippen MR) is 137 cm³/mol. The molecule has 1 aromatic carbocycles. The molecule has 12 heteroatoms. The fraction of sp³-hybridized carbons (Fsp3) is 0.500. The quantitative estimate of drug-likeness (QED) is 0.234. The Morgan fingerprint density at radius 3 is 2.50 bits per heavy atom. The minimum absolute atomic E-state index is 0.0292. The summed E-state index contributed by atoms with van der Waals surface area (Å²) in [5.74, 6) is -1.67. The van der Waals surface area contributed by atoms with Gasteiger partial charge in [0.1, 0.15) is 17.5 Å². The van der Waals surface area contributed by atoms with Crippen molar-refractivity contribution in [3.05, 3.63) is 51.9 Å². The van der Waals surface area contributed by atoms with Crippen molar-refractivity contribution in [2.24, 2.45) is 0 Å². The summed E-state index contributed by atoms with van der Waals surface area (Å²) in [5.41, 5.74) is 1.15. The number of benzene rings is 1. The molecule has 36 heavy (non-hydrogen) atoms. The van der Waals surface area contributed by atoms with Crippen molar-refractivity contribution in [2.75, 3.05) is 19.8 Å². The van der Waals surface area contributed by atoms with E-state index in [4.69, 9.17) is 41.7 Å².